The summed E-state index contributed by atoms with van der Waals surface area (Å²) in [5, 5.41) is 5.41. The molecule has 2 aromatic heterocycles. The first-order chi connectivity index (χ1) is 12.3. The first kappa shape index (κ1) is 18.9. The molecule has 0 spiro atoms. The lowest BCUT2D eigenvalue weighted by Gasteiger charge is -2.22. The molecule has 0 radical (unpaired) electrons. The number of nitrogens with one attached hydrogen (secondary N) is 1. The third-order valence-electron chi connectivity index (χ3n) is 4.15. The van der Waals surface area contributed by atoms with E-state index in [1.165, 1.54) is 11.3 Å². The fourth-order valence-corrected chi connectivity index (χ4v) is 3.66. The lowest BCUT2D eigenvalue weighted by molar-refractivity contribution is 0.574. The number of aromatic nitrogens is 1. The van der Waals surface area contributed by atoms with Gasteiger partial charge in [-0.05, 0) is 36.4 Å². The number of aliphatic imine (C=N–C) groups is 1. The molecule has 0 bridgehead atoms. The normalized spacial score (nSPS) is 13.4. The van der Waals surface area contributed by atoms with Crippen molar-refractivity contribution in [3.05, 3.63) is 59.3 Å². The average molecular weight is 480 g/mol. The van der Waals surface area contributed by atoms with Crippen molar-refractivity contribution in [2.75, 3.05) is 18.0 Å². The summed E-state index contributed by atoms with van der Waals surface area (Å²) in [4.78, 5) is 12.6. The van der Waals surface area contributed by atoms with Gasteiger partial charge in [0.1, 0.15) is 12.0 Å². The number of halogens is 1. The number of nitrogens with zero attached hydrogens (tertiary/aromatic N) is 3. The maximum Gasteiger partial charge on any atom is 0.236 e. The Balaban J connectivity index is 0.00000196. The summed E-state index contributed by atoms with van der Waals surface area (Å²) in [6.45, 7) is 4.36. The minimum atomic E-state index is 0. The van der Waals surface area contributed by atoms with E-state index >= 15 is 0 Å². The van der Waals surface area contributed by atoms with Crippen LogP contribution in [0.25, 0.3) is 10.8 Å². The molecule has 136 valence electrons. The second-order valence-corrected chi connectivity index (χ2v) is 6.77. The number of hydrogen-bond acceptors (Lipinski definition) is 4. The Hall–Kier alpha value is -1.87. The molecule has 0 amide bonds. The minimum Gasteiger partial charge on any atom is -0.443 e. The molecule has 0 fully saturated rings. The first-order valence-corrected chi connectivity index (χ1v) is 9.35. The largest absolute Gasteiger partial charge is 0.443 e. The van der Waals surface area contributed by atoms with Gasteiger partial charge in [0.15, 0.2) is 5.96 Å². The minimum absolute atomic E-state index is 0. The Morgan fingerprint density at radius 1 is 1.31 bits per heavy atom. The Morgan fingerprint density at radius 2 is 2.19 bits per heavy atom. The smallest absolute Gasteiger partial charge is 0.236 e. The van der Waals surface area contributed by atoms with E-state index in [2.05, 4.69) is 46.4 Å². The predicted molar refractivity (Wildman–Crippen MR) is 118 cm³/mol. The zero-order valence-electron chi connectivity index (χ0n) is 14.5. The van der Waals surface area contributed by atoms with E-state index in [4.69, 9.17) is 9.41 Å². The molecule has 26 heavy (non-hydrogen) atoms. The molecule has 7 heteroatoms. The van der Waals surface area contributed by atoms with Gasteiger partial charge in [-0.3, -0.25) is 0 Å². The molecular formula is C19H21IN4OS. The van der Waals surface area contributed by atoms with Crippen molar-refractivity contribution in [2.24, 2.45) is 4.99 Å². The highest BCUT2D eigenvalue weighted by atomic mass is 127. The Kier molecular flexibility index (Phi) is 6.31. The summed E-state index contributed by atoms with van der Waals surface area (Å²) >= 11 is 1.62. The van der Waals surface area contributed by atoms with Crippen LogP contribution in [-0.4, -0.2) is 24.0 Å². The van der Waals surface area contributed by atoms with E-state index in [9.17, 15) is 0 Å². The summed E-state index contributed by atoms with van der Waals surface area (Å²) < 4.78 is 5.58. The number of guanidine groups is 1. The van der Waals surface area contributed by atoms with Crippen molar-refractivity contribution in [3.8, 4) is 10.8 Å². The lowest BCUT2D eigenvalue weighted by Crippen LogP contribution is -2.40. The van der Waals surface area contributed by atoms with Crippen LogP contribution in [-0.2, 0) is 13.0 Å². The van der Waals surface area contributed by atoms with Crippen LogP contribution in [0.2, 0.25) is 0 Å². The topological polar surface area (TPSA) is 53.7 Å². The van der Waals surface area contributed by atoms with Crippen LogP contribution >= 0.6 is 35.3 Å². The SMILES string of the molecule is CCNC(=NCc1coc(-c2cccs2)n1)N1CCc2ccccc21.I. The van der Waals surface area contributed by atoms with Crippen LogP contribution in [0.15, 0.2) is 57.5 Å². The lowest BCUT2D eigenvalue weighted by atomic mass is 10.2. The molecule has 1 N–H and O–H groups in total. The highest BCUT2D eigenvalue weighted by Gasteiger charge is 2.22. The number of rotatable bonds is 4. The summed E-state index contributed by atoms with van der Waals surface area (Å²) in [5.41, 5.74) is 3.45. The van der Waals surface area contributed by atoms with Crippen molar-refractivity contribution in [2.45, 2.75) is 19.9 Å². The van der Waals surface area contributed by atoms with Crippen molar-refractivity contribution in [1.29, 1.82) is 0 Å². The summed E-state index contributed by atoms with van der Waals surface area (Å²) in [6.07, 6.45) is 2.74. The average Bonchev–Trinajstić information content (AvgIpc) is 3.38. The Morgan fingerprint density at radius 3 is 3.00 bits per heavy atom. The van der Waals surface area contributed by atoms with Crippen LogP contribution in [0, 0.1) is 0 Å². The third-order valence-corrected chi connectivity index (χ3v) is 5.01. The molecule has 3 heterocycles. The van der Waals surface area contributed by atoms with Crippen LogP contribution in [0.5, 0.6) is 0 Å². The molecule has 1 aliphatic rings. The first-order valence-electron chi connectivity index (χ1n) is 8.47. The van der Waals surface area contributed by atoms with Crippen molar-refractivity contribution in [3.63, 3.8) is 0 Å². The number of thiophene rings is 1. The van der Waals surface area contributed by atoms with E-state index in [1.54, 1.807) is 17.6 Å². The molecule has 0 atom stereocenters. The molecule has 0 saturated carbocycles. The summed E-state index contributed by atoms with van der Waals surface area (Å²) in [7, 11) is 0. The van der Waals surface area contributed by atoms with Gasteiger partial charge < -0.3 is 14.6 Å². The molecule has 0 saturated heterocycles. The van der Waals surface area contributed by atoms with E-state index in [-0.39, 0.29) is 24.0 Å². The van der Waals surface area contributed by atoms with E-state index in [0.29, 0.717) is 12.4 Å². The van der Waals surface area contributed by atoms with Crippen molar-refractivity contribution in [1.82, 2.24) is 10.3 Å². The highest BCUT2D eigenvalue weighted by Crippen LogP contribution is 2.28. The van der Waals surface area contributed by atoms with Gasteiger partial charge >= 0.3 is 0 Å². The number of fused-ring (bicyclic) bond motifs is 1. The summed E-state index contributed by atoms with van der Waals surface area (Å²) in [6, 6.07) is 12.5. The number of oxazole rings is 1. The van der Waals surface area contributed by atoms with Gasteiger partial charge in [-0.1, -0.05) is 24.3 Å². The van der Waals surface area contributed by atoms with Crippen LogP contribution in [0.4, 0.5) is 5.69 Å². The maximum atomic E-state index is 5.58. The van der Waals surface area contributed by atoms with Gasteiger partial charge in [0.2, 0.25) is 5.89 Å². The van der Waals surface area contributed by atoms with Gasteiger partial charge in [0.25, 0.3) is 0 Å². The van der Waals surface area contributed by atoms with Crippen LogP contribution < -0.4 is 10.2 Å². The zero-order chi connectivity index (χ0) is 17.1. The summed E-state index contributed by atoms with van der Waals surface area (Å²) in [5.74, 6) is 1.56. The third kappa shape index (κ3) is 3.93. The molecule has 4 rings (SSSR count). The predicted octanol–water partition coefficient (Wildman–Crippen LogP) is 4.55. The molecular weight excluding hydrogens is 459 g/mol. The van der Waals surface area contributed by atoms with E-state index in [1.807, 2.05) is 17.5 Å². The van der Waals surface area contributed by atoms with Crippen LogP contribution in [0.3, 0.4) is 0 Å². The zero-order valence-corrected chi connectivity index (χ0v) is 17.7. The van der Waals surface area contributed by atoms with Gasteiger partial charge in [0, 0.05) is 18.8 Å². The Bertz CT molecular complexity index is 875. The maximum absolute atomic E-state index is 5.58. The number of para-hydroxylation sites is 1. The van der Waals surface area contributed by atoms with Gasteiger partial charge in [-0.2, -0.15) is 0 Å². The van der Waals surface area contributed by atoms with Gasteiger partial charge in [-0.15, -0.1) is 35.3 Å². The Labute approximate surface area is 174 Å². The second-order valence-electron chi connectivity index (χ2n) is 5.82. The monoisotopic (exact) mass is 480 g/mol. The van der Waals surface area contributed by atoms with Gasteiger partial charge in [0.05, 0.1) is 11.4 Å². The molecule has 0 unspecified atom stereocenters. The van der Waals surface area contributed by atoms with Crippen molar-refractivity contribution >= 4 is 47.0 Å². The molecule has 1 aromatic carbocycles. The van der Waals surface area contributed by atoms with E-state index < -0.39 is 0 Å². The number of benzene rings is 1. The quantitative estimate of drug-likeness (QED) is 0.338. The number of anilines is 1. The molecule has 3 aromatic rings. The van der Waals surface area contributed by atoms with Crippen molar-refractivity contribution < 1.29 is 4.42 Å². The molecule has 1 aliphatic heterocycles. The van der Waals surface area contributed by atoms with Crippen LogP contribution in [0.1, 0.15) is 18.2 Å². The van der Waals surface area contributed by atoms with E-state index in [0.717, 1.165) is 36.0 Å². The molecule has 5 nitrogen and oxygen atoms in total. The van der Waals surface area contributed by atoms with Gasteiger partial charge in [-0.25, -0.2) is 9.98 Å². The highest BCUT2D eigenvalue weighted by molar-refractivity contribution is 14.0. The number of hydrogen-bond donors (Lipinski definition) is 1. The fourth-order valence-electron chi connectivity index (χ4n) is 3.00. The fraction of sp³-hybridized carbons (Fsp3) is 0.263. The standard InChI is InChI=1S/C19H20N4OS.HI/c1-2-20-19(23-10-9-14-6-3-4-7-16(14)23)21-12-15-13-24-18(22-15)17-8-5-11-25-17;/h3-8,11,13H,2,9-10,12H2,1H3,(H,20,21);1H. The molecule has 0 aliphatic carbocycles. The second kappa shape index (κ2) is 8.68.